The lowest BCUT2D eigenvalue weighted by molar-refractivity contribution is 0.216. The van der Waals surface area contributed by atoms with Crippen LogP contribution < -0.4 is 4.74 Å². The number of fused-ring (bicyclic) bond motifs is 1. The average Bonchev–Trinajstić information content (AvgIpc) is 2.43. The third-order valence-electron chi connectivity index (χ3n) is 3.38. The van der Waals surface area contributed by atoms with Gasteiger partial charge in [-0.3, -0.25) is 0 Å². The smallest absolute Gasteiger partial charge is 0.200 e. The molecule has 5 N–H and O–H groups in total. The first-order chi connectivity index (χ1) is 9.95. The van der Waals surface area contributed by atoms with Crippen molar-refractivity contribution >= 4 is 0 Å². The highest BCUT2D eigenvalue weighted by Crippen LogP contribution is 2.44. The molecule has 0 spiro atoms. The second-order valence-corrected chi connectivity index (χ2v) is 4.83. The van der Waals surface area contributed by atoms with E-state index in [4.69, 9.17) is 4.74 Å². The van der Waals surface area contributed by atoms with Crippen molar-refractivity contribution in [1.29, 1.82) is 0 Å². The van der Waals surface area contributed by atoms with Crippen molar-refractivity contribution in [3.63, 3.8) is 0 Å². The molecule has 0 saturated heterocycles. The molecule has 6 heteroatoms. The van der Waals surface area contributed by atoms with E-state index in [1.54, 1.807) is 6.42 Å². The molecule has 1 aliphatic rings. The Morgan fingerprint density at radius 1 is 0.857 bits per heavy atom. The quantitative estimate of drug-likeness (QED) is 0.514. The zero-order chi connectivity index (χ0) is 15.1. The van der Waals surface area contributed by atoms with Gasteiger partial charge in [0, 0.05) is 29.7 Å². The largest absolute Gasteiger partial charge is 0.508 e. The van der Waals surface area contributed by atoms with E-state index in [-0.39, 0.29) is 11.5 Å². The molecule has 21 heavy (non-hydrogen) atoms. The summed E-state index contributed by atoms with van der Waals surface area (Å²) in [4.78, 5) is 0. The third-order valence-corrected chi connectivity index (χ3v) is 3.38. The molecule has 0 amide bonds. The molecule has 2 aromatic rings. The summed E-state index contributed by atoms with van der Waals surface area (Å²) < 4.78 is 5.65. The summed E-state index contributed by atoms with van der Waals surface area (Å²) in [6, 6.07) is 5.18. The van der Waals surface area contributed by atoms with Crippen LogP contribution in [0.5, 0.6) is 34.5 Å². The maximum atomic E-state index is 9.75. The lowest BCUT2D eigenvalue weighted by Gasteiger charge is -2.27. The molecule has 1 atom stereocenters. The molecule has 3 rings (SSSR count). The Balaban J connectivity index is 1.96. The van der Waals surface area contributed by atoms with Crippen molar-refractivity contribution in [2.24, 2.45) is 0 Å². The van der Waals surface area contributed by atoms with Gasteiger partial charge in [-0.25, -0.2) is 0 Å². The van der Waals surface area contributed by atoms with Gasteiger partial charge in [-0.2, -0.15) is 0 Å². The summed E-state index contributed by atoms with van der Waals surface area (Å²) in [7, 11) is 0. The van der Waals surface area contributed by atoms with Gasteiger partial charge in [-0.1, -0.05) is 0 Å². The van der Waals surface area contributed by atoms with Crippen LogP contribution >= 0.6 is 0 Å². The summed E-state index contributed by atoms with van der Waals surface area (Å²) in [6.45, 7) is 0. The van der Waals surface area contributed by atoms with Crippen LogP contribution in [0.4, 0.5) is 0 Å². The van der Waals surface area contributed by atoms with Gasteiger partial charge < -0.3 is 30.3 Å². The van der Waals surface area contributed by atoms with Gasteiger partial charge in [0.1, 0.15) is 23.4 Å². The fourth-order valence-corrected chi connectivity index (χ4v) is 2.33. The Labute approximate surface area is 120 Å². The van der Waals surface area contributed by atoms with E-state index in [0.29, 0.717) is 23.3 Å². The Morgan fingerprint density at radius 2 is 1.52 bits per heavy atom. The second kappa shape index (κ2) is 4.66. The molecule has 0 aromatic heterocycles. The normalized spacial score (nSPS) is 17.0. The van der Waals surface area contributed by atoms with Gasteiger partial charge in [0.15, 0.2) is 17.2 Å². The number of phenolic OH excluding ortho intramolecular Hbond substituents is 5. The minimum absolute atomic E-state index is 0.0592. The van der Waals surface area contributed by atoms with Crippen molar-refractivity contribution in [3.05, 3.63) is 41.8 Å². The number of rotatable bonds is 1. The first kappa shape index (κ1) is 13.2. The maximum Gasteiger partial charge on any atom is 0.200 e. The summed E-state index contributed by atoms with van der Waals surface area (Å²) in [5.74, 6) is -1.35. The number of hydrogen-bond acceptors (Lipinski definition) is 6. The molecule has 0 aliphatic carbocycles. The minimum atomic E-state index is -0.592. The first-order valence-electron chi connectivity index (χ1n) is 6.25. The molecule has 109 valence electrons. The van der Waals surface area contributed by atoms with Crippen molar-refractivity contribution < 1.29 is 30.3 Å². The van der Waals surface area contributed by atoms with Crippen molar-refractivity contribution in [3.8, 4) is 34.5 Å². The summed E-state index contributed by atoms with van der Waals surface area (Å²) in [5.41, 5.74) is 0.993. The predicted molar refractivity (Wildman–Crippen MR) is 72.6 cm³/mol. The lowest BCUT2D eigenvalue weighted by Crippen LogP contribution is -2.15. The SMILES string of the molecule is Oc1cc(O)c2c(c1)O[C@@H](c1cc(O)c(O)c(O)c1)[CH]C2. The number of hydrogen-bond donors (Lipinski definition) is 5. The molecule has 0 unspecified atom stereocenters. The second-order valence-electron chi connectivity index (χ2n) is 4.83. The number of benzene rings is 2. The van der Waals surface area contributed by atoms with E-state index in [2.05, 4.69) is 0 Å². The summed E-state index contributed by atoms with van der Waals surface area (Å²) >= 11 is 0. The Hall–Kier alpha value is -2.76. The van der Waals surface area contributed by atoms with E-state index >= 15 is 0 Å². The highest BCUT2D eigenvalue weighted by Gasteiger charge is 2.26. The van der Waals surface area contributed by atoms with Crippen molar-refractivity contribution in [2.75, 3.05) is 0 Å². The molecule has 0 fully saturated rings. The third kappa shape index (κ3) is 2.24. The number of phenols is 5. The van der Waals surface area contributed by atoms with E-state index in [9.17, 15) is 25.5 Å². The standard InChI is InChI=1S/C15H13O6/c16-8-5-10(17)9-1-2-13(21-14(9)6-8)7-3-11(18)15(20)12(19)4-7/h2-6,13,16-20H,1H2/t13-/m1/s1. The monoisotopic (exact) mass is 289 g/mol. The van der Waals surface area contributed by atoms with Gasteiger partial charge in [0.05, 0.1) is 0 Å². The molecule has 2 aromatic carbocycles. The highest BCUT2D eigenvalue weighted by atomic mass is 16.5. The average molecular weight is 289 g/mol. The molecule has 0 saturated carbocycles. The van der Waals surface area contributed by atoms with E-state index in [1.807, 2.05) is 0 Å². The lowest BCUT2D eigenvalue weighted by atomic mass is 9.96. The molecular weight excluding hydrogens is 276 g/mol. The minimum Gasteiger partial charge on any atom is -0.508 e. The number of aromatic hydroxyl groups is 5. The molecule has 1 aliphatic heterocycles. The van der Waals surface area contributed by atoms with Crippen LogP contribution in [0.25, 0.3) is 0 Å². The van der Waals surface area contributed by atoms with E-state index in [0.717, 1.165) is 0 Å². The van der Waals surface area contributed by atoms with E-state index in [1.165, 1.54) is 24.3 Å². The van der Waals surface area contributed by atoms with Crippen LogP contribution in [0.1, 0.15) is 17.2 Å². The van der Waals surface area contributed by atoms with Gasteiger partial charge in [0.25, 0.3) is 0 Å². The fourth-order valence-electron chi connectivity index (χ4n) is 2.33. The highest BCUT2D eigenvalue weighted by molar-refractivity contribution is 5.54. The van der Waals surface area contributed by atoms with Crippen LogP contribution in [-0.4, -0.2) is 25.5 Å². The Morgan fingerprint density at radius 3 is 2.19 bits per heavy atom. The number of ether oxygens (including phenoxy) is 1. The molecule has 6 nitrogen and oxygen atoms in total. The van der Waals surface area contributed by atoms with Crippen LogP contribution in [0.2, 0.25) is 0 Å². The predicted octanol–water partition coefficient (Wildman–Crippen LogP) is 2.10. The van der Waals surface area contributed by atoms with Crippen LogP contribution in [0.15, 0.2) is 24.3 Å². The fraction of sp³-hybridized carbons (Fsp3) is 0.133. The molecule has 1 heterocycles. The Bertz CT molecular complexity index is 687. The van der Waals surface area contributed by atoms with Gasteiger partial charge in [0.2, 0.25) is 0 Å². The van der Waals surface area contributed by atoms with Crippen LogP contribution in [-0.2, 0) is 6.42 Å². The van der Waals surface area contributed by atoms with Gasteiger partial charge in [-0.05, 0) is 18.6 Å². The van der Waals surface area contributed by atoms with Gasteiger partial charge >= 0.3 is 0 Å². The zero-order valence-electron chi connectivity index (χ0n) is 10.8. The topological polar surface area (TPSA) is 110 Å². The maximum absolute atomic E-state index is 9.75. The summed E-state index contributed by atoms with van der Waals surface area (Å²) in [5, 5.41) is 47.6. The molecular formula is C15H13O6. The first-order valence-corrected chi connectivity index (χ1v) is 6.25. The zero-order valence-corrected chi connectivity index (χ0v) is 10.8. The molecule has 1 radical (unpaired) electrons. The van der Waals surface area contributed by atoms with Gasteiger partial charge in [-0.15, -0.1) is 0 Å². The van der Waals surface area contributed by atoms with Crippen LogP contribution in [0, 0.1) is 6.42 Å². The van der Waals surface area contributed by atoms with Crippen LogP contribution in [0.3, 0.4) is 0 Å². The van der Waals surface area contributed by atoms with Crippen molar-refractivity contribution in [2.45, 2.75) is 12.5 Å². The molecule has 0 bridgehead atoms. The summed E-state index contributed by atoms with van der Waals surface area (Å²) in [6.07, 6.45) is 1.55. The van der Waals surface area contributed by atoms with E-state index < -0.39 is 23.4 Å². The van der Waals surface area contributed by atoms with Crippen molar-refractivity contribution in [1.82, 2.24) is 0 Å². The Kier molecular flexibility index (Phi) is 2.94.